The second-order valence-electron chi connectivity index (χ2n) is 5.79. The highest BCUT2D eigenvalue weighted by molar-refractivity contribution is 6.42. The van der Waals surface area contributed by atoms with E-state index in [4.69, 9.17) is 33.5 Å². The summed E-state index contributed by atoms with van der Waals surface area (Å²) in [6.07, 6.45) is 0. The molecule has 2 rings (SSSR count). The molecule has 0 aliphatic heterocycles. The van der Waals surface area contributed by atoms with Gasteiger partial charge >= 0.3 is 0 Å². The summed E-state index contributed by atoms with van der Waals surface area (Å²) in [4.78, 5) is 8.95. The number of hydrogen-bond donors (Lipinski definition) is 1. The molecule has 6 nitrogen and oxygen atoms in total. The van der Waals surface area contributed by atoms with E-state index in [0.29, 0.717) is 28.3 Å². The molecule has 0 fully saturated rings. The Balaban J connectivity index is 0.00000338. The van der Waals surface area contributed by atoms with Gasteiger partial charge in [-0.3, -0.25) is 4.90 Å². The molecule has 2 N–H and O–H groups in total. The van der Waals surface area contributed by atoms with Crippen LogP contribution in [0.1, 0.15) is 31.1 Å². The van der Waals surface area contributed by atoms with Crippen LogP contribution in [-0.4, -0.2) is 46.1 Å². The predicted octanol–water partition coefficient (Wildman–Crippen LogP) is 4.02. The molecular weight excluding hydrogens is 432 g/mol. The van der Waals surface area contributed by atoms with Gasteiger partial charge in [0, 0.05) is 19.6 Å². The number of aromatic nitrogens is 2. The first-order valence-electron chi connectivity index (χ1n) is 8.45. The lowest BCUT2D eigenvalue weighted by Crippen LogP contribution is -2.34. The van der Waals surface area contributed by atoms with Gasteiger partial charge in [-0.15, -0.1) is 24.8 Å². The van der Waals surface area contributed by atoms with Crippen LogP contribution in [0.5, 0.6) is 0 Å². The maximum absolute atomic E-state index is 6.14. The second-order valence-corrected chi connectivity index (χ2v) is 6.61. The zero-order valence-electron chi connectivity index (χ0n) is 15.5. The molecule has 0 spiro atoms. The van der Waals surface area contributed by atoms with Crippen LogP contribution in [0, 0.1) is 0 Å². The van der Waals surface area contributed by atoms with E-state index in [1.54, 1.807) is 0 Å². The van der Waals surface area contributed by atoms with E-state index in [-0.39, 0.29) is 31.4 Å². The Hall–Kier alpha value is -0.600. The first-order chi connectivity index (χ1) is 12.0. The number of rotatable bonds is 10. The van der Waals surface area contributed by atoms with Crippen LogP contribution in [-0.2, 0) is 19.6 Å². The Morgan fingerprint density at radius 3 is 2.22 bits per heavy atom. The van der Waals surface area contributed by atoms with Crippen molar-refractivity contribution in [2.45, 2.75) is 33.5 Å². The Morgan fingerprint density at radius 2 is 1.67 bits per heavy atom. The summed E-state index contributed by atoms with van der Waals surface area (Å²) in [7, 11) is 0. The Labute approximate surface area is 183 Å². The molecule has 0 unspecified atom stereocenters. The fourth-order valence-electron chi connectivity index (χ4n) is 2.57. The minimum absolute atomic E-state index is 0. The number of halogens is 4. The van der Waals surface area contributed by atoms with Crippen LogP contribution >= 0.6 is 48.0 Å². The first-order valence-corrected chi connectivity index (χ1v) is 9.21. The number of likely N-dealkylation sites (N-methyl/N-ethyl adjacent to an activating group) is 1. The van der Waals surface area contributed by atoms with Crippen molar-refractivity contribution in [2.24, 2.45) is 5.73 Å². The molecule has 0 amide bonds. The SMILES string of the molecule is CCN(CC)CCN(Cc1ccc(Cl)c(Cl)c1)Cc1noc(CN)n1.Cl.Cl. The van der Waals surface area contributed by atoms with Crippen LogP contribution in [0.3, 0.4) is 0 Å². The molecule has 0 aliphatic carbocycles. The smallest absolute Gasteiger partial charge is 0.240 e. The number of benzene rings is 1. The summed E-state index contributed by atoms with van der Waals surface area (Å²) in [5, 5.41) is 5.12. The van der Waals surface area contributed by atoms with E-state index in [9.17, 15) is 0 Å². The standard InChI is InChI=1S/C17H25Cl2N5O.2ClH/c1-3-23(4-2)7-8-24(12-16-21-17(10-20)25-22-16)11-13-5-6-14(18)15(19)9-13;;/h5-6,9H,3-4,7-8,10-12,20H2,1-2H3;2*1H. The van der Waals surface area contributed by atoms with E-state index in [0.717, 1.165) is 38.3 Å². The zero-order chi connectivity index (χ0) is 18.2. The molecule has 0 bridgehead atoms. The summed E-state index contributed by atoms with van der Waals surface area (Å²) in [5.41, 5.74) is 6.63. The lowest BCUT2D eigenvalue weighted by atomic mass is 10.2. The lowest BCUT2D eigenvalue weighted by molar-refractivity contribution is 0.197. The Bertz CT molecular complexity index is 667. The molecule has 0 saturated carbocycles. The summed E-state index contributed by atoms with van der Waals surface area (Å²) >= 11 is 12.1. The van der Waals surface area contributed by atoms with Crippen LogP contribution in [0.15, 0.2) is 22.7 Å². The van der Waals surface area contributed by atoms with Gasteiger partial charge in [0.05, 0.1) is 23.1 Å². The fraction of sp³-hybridized carbons (Fsp3) is 0.529. The number of nitrogens with two attached hydrogens (primary N) is 1. The molecule has 154 valence electrons. The van der Waals surface area contributed by atoms with Gasteiger partial charge in [0.15, 0.2) is 5.82 Å². The highest BCUT2D eigenvalue weighted by atomic mass is 35.5. The molecular formula is C17H27Cl4N5O. The molecule has 10 heteroatoms. The lowest BCUT2D eigenvalue weighted by Gasteiger charge is -2.25. The van der Waals surface area contributed by atoms with E-state index >= 15 is 0 Å². The minimum Gasteiger partial charge on any atom is -0.338 e. The topological polar surface area (TPSA) is 71.4 Å². The van der Waals surface area contributed by atoms with Gasteiger partial charge in [0.2, 0.25) is 5.89 Å². The minimum atomic E-state index is 0. The summed E-state index contributed by atoms with van der Waals surface area (Å²) in [6, 6.07) is 5.71. The van der Waals surface area contributed by atoms with Crippen LogP contribution in [0.2, 0.25) is 10.0 Å². The van der Waals surface area contributed by atoms with Crippen LogP contribution < -0.4 is 5.73 Å². The highest BCUT2D eigenvalue weighted by Gasteiger charge is 2.14. The van der Waals surface area contributed by atoms with E-state index < -0.39 is 0 Å². The van der Waals surface area contributed by atoms with Gasteiger partial charge in [-0.2, -0.15) is 4.98 Å². The van der Waals surface area contributed by atoms with Crippen LogP contribution in [0.25, 0.3) is 0 Å². The summed E-state index contributed by atoms with van der Waals surface area (Å²) in [5.74, 6) is 1.09. The van der Waals surface area contributed by atoms with Crippen molar-refractivity contribution in [3.8, 4) is 0 Å². The van der Waals surface area contributed by atoms with Crippen molar-refractivity contribution in [3.63, 3.8) is 0 Å². The molecule has 0 radical (unpaired) electrons. The zero-order valence-corrected chi connectivity index (χ0v) is 18.7. The second kappa shape index (κ2) is 13.6. The molecule has 0 atom stereocenters. The maximum atomic E-state index is 6.14. The van der Waals surface area contributed by atoms with Gasteiger partial charge < -0.3 is 15.2 Å². The van der Waals surface area contributed by atoms with Gasteiger partial charge in [0.1, 0.15) is 0 Å². The highest BCUT2D eigenvalue weighted by Crippen LogP contribution is 2.23. The van der Waals surface area contributed by atoms with Gasteiger partial charge in [-0.05, 0) is 30.8 Å². The van der Waals surface area contributed by atoms with E-state index in [1.165, 1.54) is 0 Å². The van der Waals surface area contributed by atoms with Gasteiger partial charge in [-0.25, -0.2) is 0 Å². The molecule has 2 aromatic rings. The average molecular weight is 459 g/mol. The third kappa shape index (κ3) is 8.52. The fourth-order valence-corrected chi connectivity index (χ4v) is 2.89. The van der Waals surface area contributed by atoms with Crippen molar-refractivity contribution >= 4 is 48.0 Å². The Kier molecular flexibility index (Phi) is 13.3. The quantitative estimate of drug-likeness (QED) is 0.579. The first kappa shape index (κ1) is 26.4. The largest absolute Gasteiger partial charge is 0.338 e. The van der Waals surface area contributed by atoms with Gasteiger partial charge in [0.25, 0.3) is 0 Å². The van der Waals surface area contributed by atoms with Crippen molar-refractivity contribution in [1.29, 1.82) is 0 Å². The monoisotopic (exact) mass is 457 g/mol. The van der Waals surface area contributed by atoms with E-state index in [2.05, 4.69) is 33.8 Å². The third-order valence-corrected chi connectivity index (χ3v) is 4.81. The summed E-state index contributed by atoms with van der Waals surface area (Å²) < 4.78 is 5.11. The summed E-state index contributed by atoms with van der Waals surface area (Å²) in [6.45, 7) is 9.80. The van der Waals surface area contributed by atoms with Crippen molar-refractivity contribution in [3.05, 3.63) is 45.5 Å². The molecule has 0 aliphatic rings. The number of hydrogen-bond acceptors (Lipinski definition) is 6. The van der Waals surface area contributed by atoms with Gasteiger partial charge in [-0.1, -0.05) is 48.3 Å². The van der Waals surface area contributed by atoms with Crippen molar-refractivity contribution in [1.82, 2.24) is 19.9 Å². The van der Waals surface area contributed by atoms with Crippen LogP contribution in [0.4, 0.5) is 0 Å². The Morgan fingerprint density at radius 1 is 1.00 bits per heavy atom. The number of nitrogens with zero attached hydrogens (tertiary/aromatic N) is 4. The van der Waals surface area contributed by atoms with E-state index in [1.807, 2.05) is 18.2 Å². The maximum Gasteiger partial charge on any atom is 0.240 e. The molecule has 0 saturated heterocycles. The average Bonchev–Trinajstić information content (AvgIpc) is 3.06. The van der Waals surface area contributed by atoms with Crippen molar-refractivity contribution in [2.75, 3.05) is 26.2 Å². The molecule has 1 aromatic carbocycles. The molecule has 27 heavy (non-hydrogen) atoms. The molecule has 1 heterocycles. The third-order valence-electron chi connectivity index (χ3n) is 4.07. The normalized spacial score (nSPS) is 10.8. The predicted molar refractivity (Wildman–Crippen MR) is 115 cm³/mol. The molecule has 1 aromatic heterocycles. The van der Waals surface area contributed by atoms with Crippen molar-refractivity contribution < 1.29 is 4.52 Å².